The van der Waals surface area contributed by atoms with Crippen molar-refractivity contribution in [1.29, 1.82) is 0 Å². The lowest BCUT2D eigenvalue weighted by Crippen LogP contribution is -2.33. The molecule has 0 aliphatic heterocycles. The number of amides is 1. The van der Waals surface area contributed by atoms with Crippen molar-refractivity contribution < 1.29 is 18.3 Å². The van der Waals surface area contributed by atoms with Crippen molar-refractivity contribution in [2.24, 2.45) is 0 Å². The van der Waals surface area contributed by atoms with E-state index in [0.29, 0.717) is 16.2 Å². The number of aromatic amines is 1. The third-order valence-corrected chi connectivity index (χ3v) is 5.26. The summed E-state index contributed by atoms with van der Waals surface area (Å²) in [6.07, 6.45) is 0. The molecular weight excluding hydrogens is 406 g/mol. The third-order valence-electron chi connectivity index (χ3n) is 4.11. The maximum atomic E-state index is 13.0. The van der Waals surface area contributed by atoms with Gasteiger partial charge in [0.2, 0.25) is 5.91 Å². The van der Waals surface area contributed by atoms with E-state index in [1.807, 2.05) is 17.5 Å². The molecular formula is C18H18F2N4O2S2. The maximum Gasteiger partial charge on any atom is 0.387 e. The molecule has 3 rings (SSSR count). The molecule has 10 heteroatoms. The van der Waals surface area contributed by atoms with Crippen molar-refractivity contribution in [3.63, 3.8) is 0 Å². The molecule has 0 radical (unpaired) electrons. The van der Waals surface area contributed by atoms with Crippen LogP contribution in [-0.2, 0) is 11.3 Å². The smallest absolute Gasteiger partial charge is 0.387 e. The van der Waals surface area contributed by atoms with Crippen LogP contribution in [0.2, 0.25) is 0 Å². The zero-order valence-corrected chi connectivity index (χ0v) is 16.8. The van der Waals surface area contributed by atoms with E-state index in [2.05, 4.69) is 14.9 Å². The molecule has 1 amide bonds. The summed E-state index contributed by atoms with van der Waals surface area (Å²) in [4.78, 5) is 15.4. The Morgan fingerprint density at radius 2 is 2.18 bits per heavy atom. The number of carbonyl (C=O) groups is 1. The number of nitrogens with one attached hydrogen (secondary N) is 1. The largest absolute Gasteiger partial charge is 0.435 e. The first kappa shape index (κ1) is 20.2. The van der Waals surface area contributed by atoms with Gasteiger partial charge in [0.25, 0.3) is 0 Å². The Labute approximate surface area is 169 Å². The normalized spacial score (nSPS) is 12.2. The summed E-state index contributed by atoms with van der Waals surface area (Å²) in [5.74, 6) is 0.468. The van der Waals surface area contributed by atoms with Gasteiger partial charge < -0.3 is 9.64 Å². The van der Waals surface area contributed by atoms with Gasteiger partial charge >= 0.3 is 6.61 Å². The number of nitrogens with zero attached hydrogens (tertiary/aromatic N) is 3. The number of hydrogen-bond donors (Lipinski definition) is 1. The minimum Gasteiger partial charge on any atom is -0.435 e. The first-order chi connectivity index (χ1) is 13.4. The molecule has 0 spiro atoms. The highest BCUT2D eigenvalue weighted by Gasteiger charge is 2.24. The zero-order valence-electron chi connectivity index (χ0n) is 15.1. The molecule has 2 aromatic heterocycles. The molecule has 0 saturated carbocycles. The van der Waals surface area contributed by atoms with Crippen LogP contribution in [0, 0.1) is 4.77 Å². The first-order valence-corrected chi connectivity index (χ1v) is 9.65. The lowest BCUT2D eigenvalue weighted by molar-refractivity contribution is -0.133. The van der Waals surface area contributed by atoms with Crippen molar-refractivity contribution in [2.45, 2.75) is 26.1 Å². The fourth-order valence-corrected chi connectivity index (χ4v) is 3.85. The molecule has 1 unspecified atom stereocenters. The van der Waals surface area contributed by atoms with Gasteiger partial charge in [-0.15, -0.1) is 11.3 Å². The summed E-state index contributed by atoms with van der Waals surface area (Å²) in [7, 11) is 1.65. The molecule has 2 heterocycles. The van der Waals surface area contributed by atoms with Crippen LogP contribution in [-0.4, -0.2) is 39.2 Å². The van der Waals surface area contributed by atoms with Crippen LogP contribution in [0.25, 0.3) is 10.7 Å². The van der Waals surface area contributed by atoms with E-state index in [4.69, 9.17) is 12.2 Å². The lowest BCUT2D eigenvalue weighted by Gasteiger charge is -2.23. The minimum absolute atomic E-state index is 0.0541. The number of likely N-dealkylation sites (N-methyl/N-ethyl adjacent to an activating group) is 1. The SMILES string of the molecule is CC(C(=O)N(C)Cc1cccc(OC(F)F)c1)n1c(-c2cccs2)n[nH]c1=S. The Bertz CT molecular complexity index is 1000. The number of carbonyl (C=O) groups excluding carboxylic acids is 1. The summed E-state index contributed by atoms with van der Waals surface area (Å²) in [6, 6.07) is 9.49. The van der Waals surface area contributed by atoms with E-state index >= 15 is 0 Å². The second kappa shape index (κ2) is 8.61. The van der Waals surface area contributed by atoms with Gasteiger partial charge in [-0.25, -0.2) is 0 Å². The Morgan fingerprint density at radius 1 is 1.39 bits per heavy atom. The number of halogens is 2. The molecule has 1 N–H and O–H groups in total. The Hall–Kier alpha value is -2.59. The van der Waals surface area contributed by atoms with Crippen LogP contribution < -0.4 is 4.74 Å². The predicted molar refractivity (Wildman–Crippen MR) is 105 cm³/mol. The van der Waals surface area contributed by atoms with Gasteiger partial charge in [0.1, 0.15) is 11.8 Å². The van der Waals surface area contributed by atoms with Crippen molar-refractivity contribution in [2.75, 3.05) is 7.05 Å². The molecule has 0 saturated heterocycles. The van der Waals surface area contributed by atoms with Gasteiger partial charge in [0, 0.05) is 13.6 Å². The van der Waals surface area contributed by atoms with Crippen molar-refractivity contribution in [1.82, 2.24) is 19.7 Å². The molecule has 28 heavy (non-hydrogen) atoms. The number of aromatic nitrogens is 3. The van der Waals surface area contributed by atoms with Crippen LogP contribution in [0.1, 0.15) is 18.5 Å². The highest BCUT2D eigenvalue weighted by molar-refractivity contribution is 7.71. The number of H-pyrrole nitrogens is 1. The second-order valence-corrected chi connectivity index (χ2v) is 7.43. The maximum absolute atomic E-state index is 13.0. The molecule has 0 bridgehead atoms. The van der Waals surface area contributed by atoms with Crippen molar-refractivity contribution >= 4 is 29.5 Å². The van der Waals surface area contributed by atoms with Crippen molar-refractivity contribution in [3.8, 4) is 16.5 Å². The van der Waals surface area contributed by atoms with Gasteiger partial charge in [-0.05, 0) is 48.3 Å². The standard InChI is InChI=1S/C18H18F2N4O2S2/c1-11(24-15(21-22-18(24)27)14-7-4-8-28-14)16(25)23(2)10-12-5-3-6-13(9-12)26-17(19)20/h3-9,11,17H,10H2,1-2H3,(H,22,27). The molecule has 0 aliphatic carbocycles. The number of rotatable bonds is 7. The number of alkyl halides is 2. The van der Waals surface area contributed by atoms with Crippen LogP contribution in [0.4, 0.5) is 8.78 Å². The number of ether oxygens (including phenoxy) is 1. The average molecular weight is 424 g/mol. The summed E-state index contributed by atoms with van der Waals surface area (Å²) in [6.45, 7) is -0.908. The van der Waals surface area contributed by atoms with Crippen LogP contribution in [0.5, 0.6) is 5.75 Å². The first-order valence-electron chi connectivity index (χ1n) is 8.36. The summed E-state index contributed by atoms with van der Waals surface area (Å²) in [5, 5.41) is 8.90. The summed E-state index contributed by atoms with van der Waals surface area (Å²) < 4.78 is 31.2. The monoisotopic (exact) mass is 424 g/mol. The fourth-order valence-electron chi connectivity index (χ4n) is 2.84. The van der Waals surface area contributed by atoms with E-state index in [0.717, 1.165) is 4.88 Å². The predicted octanol–water partition coefficient (Wildman–Crippen LogP) is 4.49. The molecule has 1 aromatic carbocycles. The van der Waals surface area contributed by atoms with Crippen molar-refractivity contribution in [3.05, 3.63) is 52.1 Å². The van der Waals surface area contributed by atoms with Crippen LogP contribution in [0.15, 0.2) is 41.8 Å². The second-order valence-electron chi connectivity index (χ2n) is 6.10. The Kier molecular flexibility index (Phi) is 6.20. The van der Waals surface area contributed by atoms with E-state index in [1.165, 1.54) is 28.4 Å². The Morgan fingerprint density at radius 3 is 2.86 bits per heavy atom. The fraction of sp³-hybridized carbons (Fsp3) is 0.278. The molecule has 6 nitrogen and oxygen atoms in total. The minimum atomic E-state index is -2.90. The van der Waals surface area contributed by atoms with E-state index < -0.39 is 12.7 Å². The quantitative estimate of drug-likeness (QED) is 0.568. The van der Waals surface area contributed by atoms with Gasteiger partial charge in [0.15, 0.2) is 10.6 Å². The summed E-state index contributed by atoms with van der Waals surface area (Å²) in [5.41, 5.74) is 0.676. The average Bonchev–Trinajstić information content (AvgIpc) is 3.29. The molecule has 0 fully saturated rings. The third kappa shape index (κ3) is 4.45. The van der Waals surface area contributed by atoms with Gasteiger partial charge in [-0.1, -0.05) is 18.2 Å². The van der Waals surface area contributed by atoms with E-state index in [9.17, 15) is 13.6 Å². The van der Waals surface area contributed by atoms with E-state index in [1.54, 1.807) is 30.7 Å². The van der Waals surface area contributed by atoms with E-state index in [-0.39, 0.29) is 18.2 Å². The zero-order chi connectivity index (χ0) is 20.3. The molecule has 3 aromatic rings. The van der Waals surface area contributed by atoms with Crippen LogP contribution >= 0.6 is 23.6 Å². The molecule has 1 atom stereocenters. The topological polar surface area (TPSA) is 63.1 Å². The lowest BCUT2D eigenvalue weighted by atomic mass is 10.2. The number of hydrogen-bond acceptors (Lipinski definition) is 5. The van der Waals surface area contributed by atoms with Gasteiger partial charge in [0.05, 0.1) is 4.88 Å². The Balaban J connectivity index is 1.77. The summed E-state index contributed by atoms with van der Waals surface area (Å²) >= 11 is 6.81. The molecule has 0 aliphatic rings. The highest BCUT2D eigenvalue weighted by Crippen LogP contribution is 2.26. The number of thiophene rings is 1. The highest BCUT2D eigenvalue weighted by atomic mass is 32.1. The van der Waals surface area contributed by atoms with Crippen LogP contribution in [0.3, 0.4) is 0 Å². The number of benzene rings is 1. The van der Waals surface area contributed by atoms with Gasteiger partial charge in [-0.2, -0.15) is 13.9 Å². The molecule has 148 valence electrons. The van der Waals surface area contributed by atoms with Gasteiger partial charge in [-0.3, -0.25) is 14.5 Å².